The van der Waals surface area contributed by atoms with Gasteiger partial charge in [-0.25, -0.2) is 0 Å². The zero-order chi connectivity index (χ0) is 12.7. The molecule has 0 aromatic rings. The van der Waals surface area contributed by atoms with Crippen LogP contribution in [0.25, 0.3) is 0 Å². The maximum Gasteiger partial charge on any atom is 0.308 e. The number of carbonyl (C=O) groups excluding carboxylic acids is 1. The number of hydrogen-bond donors (Lipinski definition) is 0. The highest BCUT2D eigenvalue weighted by Gasteiger charge is 2.27. The van der Waals surface area contributed by atoms with Crippen LogP contribution < -0.4 is 0 Å². The number of rotatable bonds is 5. The molecular weight excluding hydrogens is 220 g/mol. The lowest BCUT2D eigenvalue weighted by Gasteiger charge is -2.36. The van der Waals surface area contributed by atoms with Gasteiger partial charge in [0.15, 0.2) is 0 Å². The summed E-state index contributed by atoms with van der Waals surface area (Å²) in [5.41, 5.74) is 0. The minimum absolute atomic E-state index is 0.107. The third kappa shape index (κ3) is 4.33. The smallest absolute Gasteiger partial charge is 0.308 e. The standard InChI is InChI=1S/C12H20N2O3/c1-3-10(4-5-13)14-6-7-17-11(9-14)8-12(15)16-2/h10-11H,3-4,6-9H2,1-2H3. The molecular formula is C12H20N2O3. The van der Waals surface area contributed by atoms with Crippen LogP contribution in [0, 0.1) is 11.3 Å². The normalized spacial score (nSPS) is 22.8. The molecule has 1 rings (SSSR count). The summed E-state index contributed by atoms with van der Waals surface area (Å²) in [5, 5.41) is 8.77. The number of ether oxygens (including phenoxy) is 2. The third-order valence-corrected chi connectivity index (χ3v) is 3.11. The molecule has 0 amide bonds. The largest absolute Gasteiger partial charge is 0.469 e. The first-order chi connectivity index (χ1) is 8.21. The molecule has 0 aliphatic carbocycles. The van der Waals surface area contributed by atoms with Crippen LogP contribution in [0.2, 0.25) is 0 Å². The molecule has 0 bridgehead atoms. The Morgan fingerprint density at radius 2 is 2.47 bits per heavy atom. The number of carbonyl (C=O) groups is 1. The second-order valence-corrected chi connectivity index (χ2v) is 4.19. The lowest BCUT2D eigenvalue weighted by molar-refractivity contribution is -0.146. The van der Waals surface area contributed by atoms with Crippen LogP contribution in [-0.2, 0) is 14.3 Å². The first-order valence-electron chi connectivity index (χ1n) is 6.00. The number of nitriles is 1. The van der Waals surface area contributed by atoms with E-state index in [-0.39, 0.29) is 24.5 Å². The van der Waals surface area contributed by atoms with Gasteiger partial charge >= 0.3 is 5.97 Å². The van der Waals surface area contributed by atoms with E-state index in [1.54, 1.807) is 0 Å². The summed E-state index contributed by atoms with van der Waals surface area (Å²) in [4.78, 5) is 13.4. The fraction of sp³-hybridized carbons (Fsp3) is 0.833. The van der Waals surface area contributed by atoms with Gasteiger partial charge in [-0.2, -0.15) is 5.26 Å². The minimum Gasteiger partial charge on any atom is -0.469 e. The van der Waals surface area contributed by atoms with Gasteiger partial charge in [-0.15, -0.1) is 0 Å². The number of methoxy groups -OCH3 is 1. The van der Waals surface area contributed by atoms with Gasteiger partial charge in [0.1, 0.15) is 0 Å². The topological polar surface area (TPSA) is 62.6 Å². The Balaban J connectivity index is 2.47. The molecule has 2 unspecified atom stereocenters. The van der Waals surface area contributed by atoms with Crippen molar-refractivity contribution in [1.29, 1.82) is 5.26 Å². The van der Waals surface area contributed by atoms with Crippen molar-refractivity contribution < 1.29 is 14.3 Å². The fourth-order valence-corrected chi connectivity index (χ4v) is 2.10. The quantitative estimate of drug-likeness (QED) is 0.669. The Labute approximate surface area is 102 Å². The first kappa shape index (κ1) is 13.9. The summed E-state index contributed by atoms with van der Waals surface area (Å²) >= 11 is 0. The molecule has 1 saturated heterocycles. The highest BCUT2D eigenvalue weighted by atomic mass is 16.5. The van der Waals surface area contributed by atoms with E-state index in [4.69, 9.17) is 10.00 Å². The highest BCUT2D eigenvalue weighted by Crippen LogP contribution is 2.15. The Morgan fingerprint density at radius 3 is 3.06 bits per heavy atom. The zero-order valence-electron chi connectivity index (χ0n) is 10.5. The van der Waals surface area contributed by atoms with Crippen molar-refractivity contribution in [3.63, 3.8) is 0 Å². The van der Waals surface area contributed by atoms with Gasteiger partial charge in [-0.1, -0.05) is 6.92 Å². The fourth-order valence-electron chi connectivity index (χ4n) is 2.10. The summed E-state index contributed by atoms with van der Waals surface area (Å²) in [7, 11) is 1.38. The molecule has 0 N–H and O–H groups in total. The number of morpholine rings is 1. The van der Waals surface area contributed by atoms with Gasteiger partial charge in [0.25, 0.3) is 0 Å². The van der Waals surface area contributed by atoms with Crippen molar-refractivity contribution in [2.24, 2.45) is 0 Å². The van der Waals surface area contributed by atoms with Gasteiger partial charge in [-0.05, 0) is 6.42 Å². The first-order valence-corrected chi connectivity index (χ1v) is 6.00. The Hall–Kier alpha value is -1.12. The van der Waals surface area contributed by atoms with Crippen LogP contribution in [-0.4, -0.2) is 49.8 Å². The second kappa shape index (κ2) is 7.25. The van der Waals surface area contributed by atoms with Crippen LogP contribution in [0.4, 0.5) is 0 Å². The van der Waals surface area contributed by atoms with Gasteiger partial charge in [0.2, 0.25) is 0 Å². The molecule has 96 valence electrons. The lowest BCUT2D eigenvalue weighted by atomic mass is 10.1. The SMILES string of the molecule is CCC(CC#N)N1CCOC(CC(=O)OC)C1. The molecule has 0 saturated carbocycles. The van der Waals surface area contributed by atoms with Crippen molar-refractivity contribution in [3.05, 3.63) is 0 Å². The Morgan fingerprint density at radius 1 is 1.71 bits per heavy atom. The van der Waals surface area contributed by atoms with Crippen molar-refractivity contribution >= 4 is 5.97 Å². The zero-order valence-corrected chi connectivity index (χ0v) is 10.5. The van der Waals surface area contributed by atoms with Crippen molar-refractivity contribution in [2.45, 2.75) is 38.3 Å². The molecule has 1 fully saturated rings. The van der Waals surface area contributed by atoms with E-state index < -0.39 is 0 Å². The Bertz CT molecular complexity index is 288. The monoisotopic (exact) mass is 240 g/mol. The van der Waals surface area contributed by atoms with E-state index in [1.807, 2.05) is 0 Å². The van der Waals surface area contributed by atoms with E-state index >= 15 is 0 Å². The number of esters is 1. The lowest BCUT2D eigenvalue weighted by Crippen LogP contribution is -2.48. The molecule has 1 aliphatic rings. The molecule has 2 atom stereocenters. The van der Waals surface area contributed by atoms with E-state index in [0.717, 1.165) is 13.0 Å². The highest BCUT2D eigenvalue weighted by molar-refractivity contribution is 5.69. The van der Waals surface area contributed by atoms with Gasteiger partial charge < -0.3 is 9.47 Å². The summed E-state index contributed by atoms with van der Waals surface area (Å²) in [6.07, 6.45) is 1.65. The van der Waals surface area contributed by atoms with E-state index in [1.165, 1.54) is 7.11 Å². The van der Waals surface area contributed by atoms with E-state index in [9.17, 15) is 4.79 Å². The summed E-state index contributed by atoms with van der Waals surface area (Å²) in [6.45, 7) is 4.23. The molecule has 17 heavy (non-hydrogen) atoms. The molecule has 0 spiro atoms. The van der Waals surface area contributed by atoms with Gasteiger partial charge in [0.05, 0.1) is 38.7 Å². The molecule has 1 heterocycles. The van der Waals surface area contributed by atoms with Crippen LogP contribution >= 0.6 is 0 Å². The molecule has 0 radical (unpaired) electrons. The average molecular weight is 240 g/mol. The summed E-state index contributed by atoms with van der Waals surface area (Å²) in [5.74, 6) is -0.245. The van der Waals surface area contributed by atoms with E-state index in [2.05, 4.69) is 22.6 Å². The van der Waals surface area contributed by atoms with Crippen molar-refractivity contribution in [2.75, 3.05) is 26.8 Å². The molecule has 0 aromatic carbocycles. The predicted octanol–water partition coefficient (Wildman–Crippen LogP) is 0.943. The number of hydrogen-bond acceptors (Lipinski definition) is 5. The van der Waals surface area contributed by atoms with Crippen molar-refractivity contribution in [1.82, 2.24) is 4.90 Å². The van der Waals surface area contributed by atoms with Crippen LogP contribution in [0.15, 0.2) is 0 Å². The second-order valence-electron chi connectivity index (χ2n) is 4.19. The van der Waals surface area contributed by atoms with Crippen molar-refractivity contribution in [3.8, 4) is 6.07 Å². The van der Waals surface area contributed by atoms with E-state index in [0.29, 0.717) is 19.6 Å². The summed E-state index contributed by atoms with van der Waals surface area (Å²) in [6, 6.07) is 2.48. The third-order valence-electron chi connectivity index (χ3n) is 3.11. The maximum absolute atomic E-state index is 11.2. The molecule has 5 heteroatoms. The minimum atomic E-state index is -0.245. The summed E-state index contributed by atoms with van der Waals surface area (Å²) < 4.78 is 10.2. The number of nitrogens with zero attached hydrogens (tertiary/aromatic N) is 2. The molecule has 5 nitrogen and oxygen atoms in total. The average Bonchev–Trinajstić information content (AvgIpc) is 2.36. The van der Waals surface area contributed by atoms with Crippen LogP contribution in [0.1, 0.15) is 26.2 Å². The Kier molecular flexibility index (Phi) is 5.95. The molecule has 0 aromatic heterocycles. The van der Waals surface area contributed by atoms with Crippen LogP contribution in [0.3, 0.4) is 0 Å². The predicted molar refractivity (Wildman–Crippen MR) is 62.3 cm³/mol. The van der Waals surface area contributed by atoms with Crippen LogP contribution in [0.5, 0.6) is 0 Å². The van der Waals surface area contributed by atoms with Gasteiger partial charge in [-0.3, -0.25) is 9.69 Å². The maximum atomic E-state index is 11.2. The molecule has 1 aliphatic heterocycles. The van der Waals surface area contributed by atoms with Gasteiger partial charge in [0, 0.05) is 19.1 Å².